The normalized spacial score (nSPS) is 25.5. The summed E-state index contributed by atoms with van der Waals surface area (Å²) >= 11 is 0. The average Bonchev–Trinajstić information content (AvgIpc) is 2.89. The molecular formula is C19H23N3O6. The molecule has 0 aromatic heterocycles. The summed E-state index contributed by atoms with van der Waals surface area (Å²) in [6.45, 7) is 3.02. The van der Waals surface area contributed by atoms with Crippen LogP contribution in [-0.4, -0.2) is 39.8 Å². The predicted octanol–water partition coefficient (Wildman–Crippen LogP) is 2.70. The van der Waals surface area contributed by atoms with Gasteiger partial charge >= 0.3 is 12.0 Å². The number of amides is 3. The van der Waals surface area contributed by atoms with Gasteiger partial charge in [-0.3, -0.25) is 24.6 Å². The number of non-ortho nitro benzene ring substituents is 1. The van der Waals surface area contributed by atoms with Crippen LogP contribution >= 0.6 is 0 Å². The van der Waals surface area contributed by atoms with Gasteiger partial charge in [0.25, 0.3) is 11.6 Å². The first-order valence-corrected chi connectivity index (χ1v) is 9.32. The standard InChI is InChI=1S/C19H23N3O6/c1-12-6-3-4-9-19(12)17(24)21(18(25)20-19)11-16(23)28-13(2)14-7-5-8-15(10-14)22(26)27/h5,7-8,10,12-13H,3-4,6,9,11H2,1-2H3,(H,20,25)/t12-,13-,19+/m0/s1. The van der Waals surface area contributed by atoms with Gasteiger partial charge in [-0.1, -0.05) is 31.9 Å². The highest BCUT2D eigenvalue weighted by Crippen LogP contribution is 2.38. The van der Waals surface area contributed by atoms with Gasteiger partial charge in [0.1, 0.15) is 18.2 Å². The van der Waals surface area contributed by atoms with E-state index in [1.54, 1.807) is 13.0 Å². The number of nitro benzene ring substituents is 1. The van der Waals surface area contributed by atoms with Crippen LogP contribution in [0.25, 0.3) is 0 Å². The number of hydrogen-bond donors (Lipinski definition) is 1. The summed E-state index contributed by atoms with van der Waals surface area (Å²) in [7, 11) is 0. The summed E-state index contributed by atoms with van der Waals surface area (Å²) in [5.41, 5.74) is -0.582. The van der Waals surface area contributed by atoms with E-state index in [2.05, 4.69) is 5.32 Å². The summed E-state index contributed by atoms with van der Waals surface area (Å²) in [6.07, 6.45) is 2.51. The number of imide groups is 1. The van der Waals surface area contributed by atoms with Crippen LogP contribution in [0.4, 0.5) is 10.5 Å². The van der Waals surface area contributed by atoms with E-state index >= 15 is 0 Å². The third-order valence-corrected chi connectivity index (χ3v) is 5.65. The van der Waals surface area contributed by atoms with Gasteiger partial charge in [0.2, 0.25) is 0 Å². The summed E-state index contributed by atoms with van der Waals surface area (Å²) < 4.78 is 5.30. The summed E-state index contributed by atoms with van der Waals surface area (Å²) in [5.74, 6) is -1.13. The second kappa shape index (κ2) is 7.57. The maximum atomic E-state index is 12.9. The highest BCUT2D eigenvalue weighted by Gasteiger charge is 2.55. The Morgan fingerprint density at radius 1 is 1.43 bits per heavy atom. The van der Waals surface area contributed by atoms with Crippen LogP contribution in [0, 0.1) is 16.0 Å². The number of nitrogens with one attached hydrogen (secondary N) is 1. The highest BCUT2D eigenvalue weighted by atomic mass is 16.6. The van der Waals surface area contributed by atoms with Crippen molar-refractivity contribution in [3.8, 4) is 0 Å². The molecule has 3 amide bonds. The number of carbonyl (C=O) groups is 3. The lowest BCUT2D eigenvalue weighted by atomic mass is 9.73. The molecular weight excluding hydrogens is 366 g/mol. The van der Waals surface area contributed by atoms with Crippen LogP contribution in [0.1, 0.15) is 51.2 Å². The Hall–Kier alpha value is -2.97. The number of hydrogen-bond acceptors (Lipinski definition) is 6. The zero-order chi connectivity index (χ0) is 20.5. The smallest absolute Gasteiger partial charge is 0.326 e. The summed E-state index contributed by atoms with van der Waals surface area (Å²) in [4.78, 5) is 48.8. The molecule has 1 aromatic carbocycles. The van der Waals surface area contributed by atoms with Crippen LogP contribution in [-0.2, 0) is 14.3 Å². The zero-order valence-electron chi connectivity index (χ0n) is 15.8. The molecule has 2 aliphatic rings. The Morgan fingerprint density at radius 3 is 2.86 bits per heavy atom. The van der Waals surface area contributed by atoms with Crippen molar-refractivity contribution < 1.29 is 24.0 Å². The van der Waals surface area contributed by atoms with Gasteiger partial charge < -0.3 is 10.1 Å². The van der Waals surface area contributed by atoms with Crippen LogP contribution in [0.5, 0.6) is 0 Å². The third-order valence-electron chi connectivity index (χ3n) is 5.65. The second-order valence-electron chi connectivity index (χ2n) is 7.42. The molecule has 1 spiro atoms. The molecule has 28 heavy (non-hydrogen) atoms. The third kappa shape index (κ3) is 3.56. The van der Waals surface area contributed by atoms with Gasteiger partial charge in [0.05, 0.1) is 4.92 Å². The van der Waals surface area contributed by atoms with Crippen LogP contribution < -0.4 is 5.32 Å². The van der Waals surface area contributed by atoms with Crippen molar-refractivity contribution in [1.82, 2.24) is 10.2 Å². The van der Waals surface area contributed by atoms with Crippen molar-refractivity contribution in [2.75, 3.05) is 6.54 Å². The molecule has 150 valence electrons. The van der Waals surface area contributed by atoms with E-state index in [0.717, 1.165) is 24.2 Å². The summed E-state index contributed by atoms with van der Waals surface area (Å²) in [6, 6.07) is 5.19. The quantitative estimate of drug-likeness (QED) is 0.358. The van der Waals surface area contributed by atoms with Crippen LogP contribution in [0.3, 0.4) is 0 Å². The molecule has 1 saturated heterocycles. The number of rotatable bonds is 5. The lowest BCUT2D eigenvalue weighted by Gasteiger charge is -2.36. The Balaban J connectivity index is 1.66. The lowest BCUT2D eigenvalue weighted by Crippen LogP contribution is -2.54. The minimum absolute atomic E-state index is 0.00233. The van der Waals surface area contributed by atoms with Crippen molar-refractivity contribution in [2.45, 2.75) is 51.2 Å². The minimum Gasteiger partial charge on any atom is -0.456 e. The maximum Gasteiger partial charge on any atom is 0.326 e. The van der Waals surface area contributed by atoms with Crippen molar-refractivity contribution in [1.29, 1.82) is 0 Å². The van der Waals surface area contributed by atoms with E-state index in [-0.39, 0.29) is 17.5 Å². The fraction of sp³-hybridized carbons (Fsp3) is 0.526. The number of carbonyl (C=O) groups excluding carboxylic acids is 3. The van der Waals surface area contributed by atoms with Gasteiger partial charge in [-0.05, 0) is 31.2 Å². The Labute approximate surface area is 162 Å². The minimum atomic E-state index is -0.929. The van der Waals surface area contributed by atoms with Gasteiger partial charge in [0, 0.05) is 12.1 Å². The number of urea groups is 1. The van der Waals surface area contributed by atoms with Crippen LogP contribution in [0.15, 0.2) is 24.3 Å². The predicted molar refractivity (Wildman–Crippen MR) is 98.2 cm³/mol. The number of ether oxygens (including phenoxy) is 1. The topological polar surface area (TPSA) is 119 Å². The molecule has 0 unspecified atom stereocenters. The van der Waals surface area contributed by atoms with E-state index < -0.39 is 35.1 Å². The van der Waals surface area contributed by atoms with Crippen LogP contribution in [0.2, 0.25) is 0 Å². The molecule has 2 fully saturated rings. The fourth-order valence-electron chi connectivity index (χ4n) is 3.96. The van der Waals surface area contributed by atoms with Crippen molar-refractivity contribution in [3.63, 3.8) is 0 Å². The van der Waals surface area contributed by atoms with E-state index in [1.165, 1.54) is 18.2 Å². The highest BCUT2D eigenvalue weighted by molar-refractivity contribution is 6.09. The first-order valence-electron chi connectivity index (χ1n) is 9.32. The Morgan fingerprint density at radius 2 is 2.18 bits per heavy atom. The molecule has 1 aliphatic carbocycles. The monoisotopic (exact) mass is 389 g/mol. The molecule has 1 aliphatic heterocycles. The number of nitro groups is 1. The first-order chi connectivity index (χ1) is 13.2. The molecule has 1 saturated carbocycles. The van der Waals surface area contributed by atoms with Gasteiger partial charge in [-0.25, -0.2) is 4.79 Å². The van der Waals surface area contributed by atoms with E-state index in [0.29, 0.717) is 12.0 Å². The molecule has 1 N–H and O–H groups in total. The van der Waals surface area contributed by atoms with Gasteiger partial charge in [0.15, 0.2) is 0 Å². The largest absolute Gasteiger partial charge is 0.456 e. The number of benzene rings is 1. The average molecular weight is 389 g/mol. The lowest BCUT2D eigenvalue weighted by molar-refractivity contribution is -0.385. The van der Waals surface area contributed by atoms with E-state index in [9.17, 15) is 24.5 Å². The Bertz CT molecular complexity index is 826. The van der Waals surface area contributed by atoms with E-state index in [4.69, 9.17) is 4.74 Å². The maximum absolute atomic E-state index is 12.9. The van der Waals surface area contributed by atoms with Crippen molar-refractivity contribution in [2.24, 2.45) is 5.92 Å². The first kappa shape index (κ1) is 19.8. The molecule has 1 heterocycles. The summed E-state index contributed by atoms with van der Waals surface area (Å²) in [5, 5.41) is 13.7. The number of nitrogens with zero attached hydrogens (tertiary/aromatic N) is 2. The molecule has 0 radical (unpaired) electrons. The second-order valence-corrected chi connectivity index (χ2v) is 7.42. The fourth-order valence-corrected chi connectivity index (χ4v) is 3.96. The van der Waals surface area contributed by atoms with Gasteiger partial charge in [-0.2, -0.15) is 0 Å². The Kier molecular flexibility index (Phi) is 5.35. The molecule has 9 nitrogen and oxygen atoms in total. The van der Waals surface area contributed by atoms with E-state index in [1.807, 2.05) is 6.92 Å². The molecule has 0 bridgehead atoms. The van der Waals surface area contributed by atoms with Crippen molar-refractivity contribution >= 4 is 23.6 Å². The van der Waals surface area contributed by atoms with Crippen molar-refractivity contribution in [3.05, 3.63) is 39.9 Å². The number of esters is 1. The SMILES string of the molecule is C[C@H](OC(=O)CN1C(=O)N[C@@]2(CCCC[C@@H]2C)C1=O)c1cccc([N+](=O)[O-])c1. The molecule has 9 heteroatoms. The molecule has 3 rings (SSSR count). The zero-order valence-corrected chi connectivity index (χ0v) is 15.8. The van der Waals surface area contributed by atoms with Gasteiger partial charge in [-0.15, -0.1) is 0 Å². The molecule has 3 atom stereocenters. The molecule has 1 aromatic rings.